The second kappa shape index (κ2) is 6.33. The minimum Gasteiger partial charge on any atom is -0.352 e. The van der Waals surface area contributed by atoms with Crippen molar-refractivity contribution in [3.63, 3.8) is 0 Å². The van der Waals surface area contributed by atoms with Crippen LogP contribution in [0.25, 0.3) is 0 Å². The Morgan fingerprint density at radius 1 is 1.37 bits per heavy atom. The molecule has 1 aromatic carbocycles. The maximum atomic E-state index is 11.9. The van der Waals surface area contributed by atoms with Crippen LogP contribution in [0.1, 0.15) is 29.3 Å². The van der Waals surface area contributed by atoms with Crippen molar-refractivity contribution in [2.24, 2.45) is 0 Å². The molecule has 3 N–H and O–H groups in total. The lowest BCUT2D eigenvalue weighted by molar-refractivity contribution is -0.115. The van der Waals surface area contributed by atoms with Gasteiger partial charge in [-0.05, 0) is 43.3 Å². The van der Waals surface area contributed by atoms with Crippen LogP contribution in [0.5, 0.6) is 0 Å². The van der Waals surface area contributed by atoms with Crippen LogP contribution < -0.4 is 16.0 Å². The van der Waals surface area contributed by atoms with Gasteiger partial charge in [0.25, 0.3) is 5.91 Å². The summed E-state index contributed by atoms with van der Waals surface area (Å²) in [4.78, 5) is 23.2. The van der Waals surface area contributed by atoms with Gasteiger partial charge in [-0.1, -0.05) is 6.92 Å². The van der Waals surface area contributed by atoms with Crippen LogP contribution in [-0.2, 0) is 11.2 Å². The van der Waals surface area contributed by atoms with Crippen LogP contribution in [0, 0.1) is 0 Å². The Kier molecular flexibility index (Phi) is 4.52. The van der Waals surface area contributed by atoms with Gasteiger partial charge in [0.1, 0.15) is 0 Å². The Hall–Kier alpha value is -1.88. The normalized spacial score (nSPS) is 13.0. The second-order valence-electron chi connectivity index (χ2n) is 4.56. The zero-order valence-electron chi connectivity index (χ0n) is 11.1. The molecule has 0 atom stereocenters. The fraction of sp³-hybridized carbons (Fsp3) is 0.429. The fourth-order valence-electron chi connectivity index (χ4n) is 2.06. The Labute approximate surface area is 112 Å². The van der Waals surface area contributed by atoms with Crippen molar-refractivity contribution < 1.29 is 9.59 Å². The van der Waals surface area contributed by atoms with E-state index >= 15 is 0 Å². The number of carbonyl (C=O) groups is 2. The van der Waals surface area contributed by atoms with E-state index in [9.17, 15) is 9.59 Å². The van der Waals surface area contributed by atoms with Crippen LogP contribution >= 0.6 is 0 Å². The summed E-state index contributed by atoms with van der Waals surface area (Å²) in [6.07, 6.45) is 1.27. The molecule has 0 aliphatic carbocycles. The average molecular weight is 261 g/mol. The Morgan fingerprint density at radius 3 is 3.00 bits per heavy atom. The molecule has 0 aromatic heterocycles. The van der Waals surface area contributed by atoms with E-state index in [2.05, 4.69) is 22.9 Å². The highest BCUT2D eigenvalue weighted by Crippen LogP contribution is 2.23. The van der Waals surface area contributed by atoms with E-state index in [0.717, 1.165) is 30.8 Å². The van der Waals surface area contributed by atoms with Gasteiger partial charge in [0.15, 0.2) is 0 Å². The smallest absolute Gasteiger partial charge is 0.251 e. The van der Waals surface area contributed by atoms with Crippen LogP contribution in [0.3, 0.4) is 0 Å². The first kappa shape index (κ1) is 13.5. The molecule has 1 heterocycles. The maximum Gasteiger partial charge on any atom is 0.251 e. The predicted molar refractivity (Wildman–Crippen MR) is 74.3 cm³/mol. The van der Waals surface area contributed by atoms with Gasteiger partial charge in [-0.15, -0.1) is 0 Å². The molecule has 0 unspecified atom stereocenters. The molecule has 1 aliphatic heterocycles. The number of hydrogen-bond donors (Lipinski definition) is 3. The van der Waals surface area contributed by atoms with E-state index < -0.39 is 0 Å². The Morgan fingerprint density at radius 2 is 2.21 bits per heavy atom. The molecule has 5 heteroatoms. The monoisotopic (exact) mass is 261 g/mol. The predicted octanol–water partition coefficient (Wildman–Crippen LogP) is 0.911. The summed E-state index contributed by atoms with van der Waals surface area (Å²) in [5.41, 5.74) is 2.32. The molecule has 1 aliphatic rings. The molecule has 0 saturated heterocycles. The van der Waals surface area contributed by atoms with E-state index in [1.54, 1.807) is 18.2 Å². The first-order valence-corrected chi connectivity index (χ1v) is 6.62. The standard InChI is InChI=1S/C14H19N3O2/c1-2-15-6-3-7-16-14(19)10-4-5-12-11(8-10)9-13(18)17-12/h4-5,8,15H,2-3,6-7,9H2,1H3,(H,16,19)(H,17,18). The van der Waals surface area contributed by atoms with E-state index in [1.807, 2.05) is 0 Å². The third-order valence-corrected chi connectivity index (χ3v) is 3.06. The minimum atomic E-state index is -0.0846. The van der Waals surface area contributed by atoms with Crippen molar-refractivity contribution in [1.29, 1.82) is 0 Å². The minimum absolute atomic E-state index is 0.0156. The molecule has 0 saturated carbocycles. The van der Waals surface area contributed by atoms with E-state index in [1.165, 1.54) is 0 Å². The molecular formula is C14H19N3O2. The molecule has 102 valence electrons. The molecule has 0 spiro atoms. The van der Waals surface area contributed by atoms with Gasteiger partial charge < -0.3 is 16.0 Å². The third kappa shape index (κ3) is 3.54. The molecule has 2 amide bonds. The van der Waals surface area contributed by atoms with Crippen molar-refractivity contribution in [3.8, 4) is 0 Å². The van der Waals surface area contributed by atoms with Gasteiger partial charge >= 0.3 is 0 Å². The molecule has 5 nitrogen and oxygen atoms in total. The average Bonchev–Trinajstić information content (AvgIpc) is 2.77. The van der Waals surface area contributed by atoms with Crippen LogP contribution in [0.4, 0.5) is 5.69 Å². The Bertz CT molecular complexity index is 486. The molecular weight excluding hydrogens is 242 g/mol. The quantitative estimate of drug-likeness (QED) is 0.667. The van der Waals surface area contributed by atoms with E-state index in [-0.39, 0.29) is 11.8 Å². The third-order valence-electron chi connectivity index (χ3n) is 3.06. The number of benzene rings is 1. The lowest BCUT2D eigenvalue weighted by Gasteiger charge is -2.07. The lowest BCUT2D eigenvalue weighted by Crippen LogP contribution is -2.27. The lowest BCUT2D eigenvalue weighted by atomic mass is 10.1. The number of fused-ring (bicyclic) bond motifs is 1. The number of rotatable bonds is 6. The molecule has 1 aromatic rings. The van der Waals surface area contributed by atoms with Crippen LogP contribution in [-0.4, -0.2) is 31.4 Å². The number of amides is 2. The summed E-state index contributed by atoms with van der Waals surface area (Å²) in [7, 11) is 0. The molecule has 19 heavy (non-hydrogen) atoms. The van der Waals surface area contributed by atoms with Crippen molar-refractivity contribution in [2.75, 3.05) is 25.0 Å². The molecule has 0 bridgehead atoms. The van der Waals surface area contributed by atoms with E-state index in [0.29, 0.717) is 18.5 Å². The zero-order valence-corrected chi connectivity index (χ0v) is 11.1. The highest BCUT2D eigenvalue weighted by atomic mass is 16.2. The fourth-order valence-corrected chi connectivity index (χ4v) is 2.06. The van der Waals surface area contributed by atoms with Gasteiger partial charge in [-0.2, -0.15) is 0 Å². The summed E-state index contributed by atoms with van der Waals surface area (Å²) in [6, 6.07) is 5.31. The summed E-state index contributed by atoms with van der Waals surface area (Å²) in [5.74, 6) is -0.100. The molecule has 0 fully saturated rings. The van der Waals surface area contributed by atoms with Gasteiger partial charge in [0.05, 0.1) is 6.42 Å². The van der Waals surface area contributed by atoms with E-state index in [4.69, 9.17) is 0 Å². The maximum absolute atomic E-state index is 11.9. The SMILES string of the molecule is CCNCCCNC(=O)c1ccc2c(c1)CC(=O)N2. The highest BCUT2D eigenvalue weighted by Gasteiger charge is 2.18. The first-order valence-electron chi connectivity index (χ1n) is 6.62. The number of nitrogens with one attached hydrogen (secondary N) is 3. The van der Waals surface area contributed by atoms with Crippen LogP contribution in [0.2, 0.25) is 0 Å². The Balaban J connectivity index is 1.86. The summed E-state index contributed by atoms with van der Waals surface area (Å²) < 4.78 is 0. The summed E-state index contributed by atoms with van der Waals surface area (Å²) >= 11 is 0. The molecule has 0 radical (unpaired) electrons. The zero-order chi connectivity index (χ0) is 13.7. The summed E-state index contributed by atoms with van der Waals surface area (Å²) in [5, 5.41) is 8.83. The molecule has 2 rings (SSSR count). The number of hydrogen-bond acceptors (Lipinski definition) is 3. The number of anilines is 1. The van der Waals surface area contributed by atoms with Crippen molar-refractivity contribution in [2.45, 2.75) is 19.8 Å². The highest BCUT2D eigenvalue weighted by molar-refractivity contribution is 6.01. The van der Waals surface area contributed by atoms with Crippen LogP contribution in [0.15, 0.2) is 18.2 Å². The van der Waals surface area contributed by atoms with Gasteiger partial charge in [0.2, 0.25) is 5.91 Å². The van der Waals surface area contributed by atoms with Gasteiger partial charge in [-0.25, -0.2) is 0 Å². The van der Waals surface area contributed by atoms with Gasteiger partial charge in [0, 0.05) is 17.8 Å². The van der Waals surface area contributed by atoms with Gasteiger partial charge in [-0.3, -0.25) is 9.59 Å². The van der Waals surface area contributed by atoms with Crippen molar-refractivity contribution in [1.82, 2.24) is 10.6 Å². The largest absolute Gasteiger partial charge is 0.352 e. The summed E-state index contributed by atoms with van der Waals surface area (Å²) in [6.45, 7) is 4.55. The topological polar surface area (TPSA) is 70.2 Å². The second-order valence-corrected chi connectivity index (χ2v) is 4.56. The number of carbonyl (C=O) groups excluding carboxylic acids is 2. The van der Waals surface area contributed by atoms with Crippen molar-refractivity contribution >= 4 is 17.5 Å². The van der Waals surface area contributed by atoms with Crippen molar-refractivity contribution in [3.05, 3.63) is 29.3 Å². The first-order chi connectivity index (χ1) is 9.20.